The lowest BCUT2D eigenvalue weighted by Crippen LogP contribution is -2.26. The van der Waals surface area contributed by atoms with Gasteiger partial charge in [0.1, 0.15) is 0 Å². The van der Waals surface area contributed by atoms with Gasteiger partial charge in [0.25, 0.3) is 5.91 Å². The van der Waals surface area contributed by atoms with Crippen molar-refractivity contribution in [3.8, 4) is 5.75 Å². The SMILES string of the molecule is COc1ccc(C(=O)N[C@H](C)c2ccccc2)cc1F. The Morgan fingerprint density at radius 2 is 1.90 bits per heavy atom. The van der Waals surface area contributed by atoms with Crippen molar-refractivity contribution in [2.75, 3.05) is 7.11 Å². The maximum absolute atomic E-state index is 13.6. The van der Waals surface area contributed by atoms with E-state index in [2.05, 4.69) is 5.32 Å². The van der Waals surface area contributed by atoms with Crippen molar-refractivity contribution in [2.45, 2.75) is 13.0 Å². The van der Waals surface area contributed by atoms with Crippen molar-refractivity contribution in [3.63, 3.8) is 0 Å². The van der Waals surface area contributed by atoms with E-state index < -0.39 is 5.82 Å². The van der Waals surface area contributed by atoms with E-state index in [4.69, 9.17) is 4.74 Å². The van der Waals surface area contributed by atoms with E-state index in [1.165, 1.54) is 25.3 Å². The van der Waals surface area contributed by atoms with E-state index in [0.717, 1.165) is 5.56 Å². The predicted octanol–water partition coefficient (Wildman–Crippen LogP) is 3.33. The monoisotopic (exact) mass is 273 g/mol. The Labute approximate surface area is 117 Å². The molecular weight excluding hydrogens is 257 g/mol. The van der Waals surface area contributed by atoms with Crippen LogP contribution in [0.25, 0.3) is 0 Å². The summed E-state index contributed by atoms with van der Waals surface area (Å²) < 4.78 is 18.4. The van der Waals surface area contributed by atoms with Crippen LogP contribution in [0.15, 0.2) is 48.5 Å². The second-order valence-electron chi connectivity index (χ2n) is 4.46. The van der Waals surface area contributed by atoms with Gasteiger partial charge >= 0.3 is 0 Å². The van der Waals surface area contributed by atoms with Gasteiger partial charge in [0.2, 0.25) is 0 Å². The van der Waals surface area contributed by atoms with Crippen LogP contribution in [0.1, 0.15) is 28.9 Å². The minimum Gasteiger partial charge on any atom is -0.494 e. The van der Waals surface area contributed by atoms with Gasteiger partial charge in [-0.3, -0.25) is 4.79 Å². The molecule has 0 aliphatic heterocycles. The number of hydrogen-bond donors (Lipinski definition) is 1. The summed E-state index contributed by atoms with van der Waals surface area (Å²) in [5, 5.41) is 2.83. The zero-order valence-corrected chi connectivity index (χ0v) is 11.4. The summed E-state index contributed by atoms with van der Waals surface area (Å²) in [5.41, 5.74) is 1.26. The minimum absolute atomic E-state index is 0.123. The molecule has 104 valence electrons. The molecule has 2 aromatic rings. The van der Waals surface area contributed by atoms with E-state index in [9.17, 15) is 9.18 Å². The third-order valence-corrected chi connectivity index (χ3v) is 3.06. The fourth-order valence-corrected chi connectivity index (χ4v) is 1.91. The Kier molecular flexibility index (Phi) is 4.35. The molecule has 0 saturated heterocycles. The molecule has 0 aliphatic rings. The highest BCUT2D eigenvalue weighted by Gasteiger charge is 2.13. The van der Waals surface area contributed by atoms with E-state index >= 15 is 0 Å². The maximum Gasteiger partial charge on any atom is 0.251 e. The number of carbonyl (C=O) groups is 1. The van der Waals surface area contributed by atoms with Gasteiger partial charge in [-0.05, 0) is 30.7 Å². The fraction of sp³-hybridized carbons (Fsp3) is 0.188. The van der Waals surface area contributed by atoms with Crippen molar-refractivity contribution in [2.24, 2.45) is 0 Å². The first-order valence-corrected chi connectivity index (χ1v) is 6.31. The van der Waals surface area contributed by atoms with Gasteiger partial charge in [0.05, 0.1) is 13.2 Å². The molecule has 2 rings (SSSR count). The van der Waals surface area contributed by atoms with Gasteiger partial charge in [0, 0.05) is 5.56 Å². The van der Waals surface area contributed by atoms with Crippen molar-refractivity contribution >= 4 is 5.91 Å². The molecule has 4 heteroatoms. The summed E-state index contributed by atoms with van der Waals surface area (Å²) in [4.78, 5) is 12.1. The number of ether oxygens (including phenoxy) is 1. The average Bonchev–Trinajstić information content (AvgIpc) is 2.48. The molecular formula is C16H16FNO2. The molecule has 20 heavy (non-hydrogen) atoms. The molecule has 1 atom stereocenters. The molecule has 0 fully saturated rings. The lowest BCUT2D eigenvalue weighted by atomic mass is 10.1. The molecule has 0 heterocycles. The largest absolute Gasteiger partial charge is 0.494 e. The van der Waals surface area contributed by atoms with Crippen molar-refractivity contribution < 1.29 is 13.9 Å². The number of hydrogen-bond acceptors (Lipinski definition) is 2. The number of rotatable bonds is 4. The third kappa shape index (κ3) is 3.15. The van der Waals surface area contributed by atoms with Gasteiger partial charge in [-0.2, -0.15) is 0 Å². The van der Waals surface area contributed by atoms with Crippen LogP contribution in [0.3, 0.4) is 0 Å². The van der Waals surface area contributed by atoms with E-state index in [1.54, 1.807) is 0 Å². The molecule has 0 saturated carbocycles. The summed E-state index contributed by atoms with van der Waals surface area (Å²) in [7, 11) is 1.38. The van der Waals surface area contributed by atoms with E-state index in [0.29, 0.717) is 0 Å². The summed E-state index contributed by atoms with van der Waals surface area (Å²) in [5.74, 6) is -0.743. The number of halogens is 1. The Balaban J connectivity index is 2.10. The molecule has 2 aromatic carbocycles. The van der Waals surface area contributed by atoms with Gasteiger partial charge in [-0.15, -0.1) is 0 Å². The highest BCUT2D eigenvalue weighted by atomic mass is 19.1. The maximum atomic E-state index is 13.6. The molecule has 3 nitrogen and oxygen atoms in total. The van der Waals surface area contributed by atoms with Gasteiger partial charge < -0.3 is 10.1 Å². The normalized spacial score (nSPS) is 11.8. The molecule has 0 radical (unpaired) electrons. The lowest BCUT2D eigenvalue weighted by molar-refractivity contribution is 0.0939. The smallest absolute Gasteiger partial charge is 0.251 e. The second-order valence-corrected chi connectivity index (χ2v) is 4.46. The third-order valence-electron chi connectivity index (χ3n) is 3.06. The second kappa shape index (κ2) is 6.19. The number of amides is 1. The lowest BCUT2D eigenvalue weighted by Gasteiger charge is -2.14. The molecule has 0 spiro atoms. The summed E-state index contributed by atoms with van der Waals surface area (Å²) >= 11 is 0. The first kappa shape index (κ1) is 14.1. The zero-order valence-electron chi connectivity index (χ0n) is 11.4. The van der Waals surface area contributed by atoms with Crippen LogP contribution in [0.2, 0.25) is 0 Å². The molecule has 1 N–H and O–H groups in total. The highest BCUT2D eigenvalue weighted by Crippen LogP contribution is 2.18. The number of carbonyl (C=O) groups excluding carboxylic acids is 1. The molecule has 0 bridgehead atoms. The summed E-state index contributed by atoms with van der Waals surface area (Å²) in [6.07, 6.45) is 0. The zero-order chi connectivity index (χ0) is 14.5. The number of benzene rings is 2. The van der Waals surface area contributed by atoms with Crippen LogP contribution in [0, 0.1) is 5.82 Å². The predicted molar refractivity (Wildman–Crippen MR) is 75.3 cm³/mol. The summed E-state index contributed by atoms with van der Waals surface area (Å²) in [6, 6.07) is 13.6. The van der Waals surface area contributed by atoms with Crippen molar-refractivity contribution in [1.29, 1.82) is 0 Å². The molecule has 1 amide bonds. The van der Waals surface area contributed by atoms with Crippen LogP contribution >= 0.6 is 0 Å². The molecule has 0 aliphatic carbocycles. The molecule has 0 unspecified atom stereocenters. The van der Waals surface area contributed by atoms with Gasteiger partial charge in [-0.25, -0.2) is 4.39 Å². The quantitative estimate of drug-likeness (QED) is 0.928. The van der Waals surface area contributed by atoms with Crippen LogP contribution in [0.4, 0.5) is 4.39 Å². The van der Waals surface area contributed by atoms with Gasteiger partial charge in [-0.1, -0.05) is 30.3 Å². The number of methoxy groups -OCH3 is 1. The topological polar surface area (TPSA) is 38.3 Å². The highest BCUT2D eigenvalue weighted by molar-refractivity contribution is 5.94. The Hall–Kier alpha value is -2.36. The van der Waals surface area contributed by atoms with Crippen LogP contribution in [0.5, 0.6) is 5.75 Å². The fourth-order valence-electron chi connectivity index (χ4n) is 1.91. The minimum atomic E-state index is -0.549. The van der Waals surface area contributed by atoms with Crippen LogP contribution in [-0.2, 0) is 0 Å². The van der Waals surface area contributed by atoms with Crippen molar-refractivity contribution in [1.82, 2.24) is 5.32 Å². The van der Waals surface area contributed by atoms with Gasteiger partial charge in [0.15, 0.2) is 11.6 Å². The number of nitrogens with one attached hydrogen (secondary N) is 1. The Morgan fingerprint density at radius 1 is 1.20 bits per heavy atom. The Bertz CT molecular complexity index is 599. The first-order chi connectivity index (χ1) is 9.61. The molecule has 0 aromatic heterocycles. The van der Waals surface area contributed by atoms with E-state index in [1.807, 2.05) is 37.3 Å². The standard InChI is InChI=1S/C16H16FNO2/c1-11(12-6-4-3-5-7-12)18-16(19)13-8-9-15(20-2)14(17)10-13/h3-11H,1-2H3,(H,18,19)/t11-/m1/s1. The van der Waals surface area contributed by atoms with Crippen LogP contribution in [-0.4, -0.2) is 13.0 Å². The van der Waals surface area contributed by atoms with Crippen LogP contribution < -0.4 is 10.1 Å². The average molecular weight is 273 g/mol. The Morgan fingerprint density at radius 3 is 2.50 bits per heavy atom. The summed E-state index contributed by atoms with van der Waals surface area (Å²) in [6.45, 7) is 1.88. The van der Waals surface area contributed by atoms with E-state index in [-0.39, 0.29) is 23.3 Å². The van der Waals surface area contributed by atoms with Crippen molar-refractivity contribution in [3.05, 3.63) is 65.5 Å². The first-order valence-electron chi connectivity index (χ1n) is 6.31.